The predicted molar refractivity (Wildman–Crippen MR) is 41.2 cm³/mol. The fourth-order valence-electron chi connectivity index (χ4n) is 0.791. The summed E-state index contributed by atoms with van der Waals surface area (Å²) in [6.07, 6.45) is 12.6. The number of hydrogen-bond acceptors (Lipinski definition) is 0. The topological polar surface area (TPSA) is 0 Å². The minimum atomic E-state index is 0.240. The van der Waals surface area contributed by atoms with Gasteiger partial charge in [-0.1, -0.05) is 50.3 Å². The third-order valence-electron chi connectivity index (χ3n) is 1.38. The third kappa shape index (κ3) is 1.88. The average molecular weight is 120 g/mol. The number of allylic oxidation sites excluding steroid dienone is 6. The third-order valence-corrected chi connectivity index (χ3v) is 1.38. The molecule has 0 spiro atoms. The van der Waals surface area contributed by atoms with Gasteiger partial charge in [-0.2, -0.15) is 0 Å². The largest absolute Gasteiger partial charge is 0.0751 e. The first-order valence-corrected chi connectivity index (χ1v) is 3.24. The molecule has 9 heavy (non-hydrogen) atoms. The van der Waals surface area contributed by atoms with Crippen LogP contribution in [0.2, 0.25) is 0 Å². The fraction of sp³-hybridized carbons (Fsp3) is 0.333. The van der Waals surface area contributed by atoms with E-state index in [-0.39, 0.29) is 5.41 Å². The Balaban J connectivity index is 2.82. The van der Waals surface area contributed by atoms with Gasteiger partial charge in [-0.25, -0.2) is 0 Å². The molecule has 0 saturated heterocycles. The van der Waals surface area contributed by atoms with Gasteiger partial charge in [-0.05, 0) is 0 Å². The van der Waals surface area contributed by atoms with Gasteiger partial charge in [0.2, 0.25) is 0 Å². The zero-order valence-corrected chi connectivity index (χ0v) is 5.96. The Morgan fingerprint density at radius 1 is 0.778 bits per heavy atom. The molecule has 0 fully saturated rings. The van der Waals surface area contributed by atoms with Gasteiger partial charge in [0.15, 0.2) is 0 Å². The lowest BCUT2D eigenvalue weighted by Gasteiger charge is -2.11. The molecule has 1 aliphatic carbocycles. The molecular weight excluding hydrogens is 108 g/mol. The minimum absolute atomic E-state index is 0.240. The zero-order chi connectivity index (χ0) is 6.74. The van der Waals surface area contributed by atoms with E-state index in [0.717, 1.165) is 0 Å². The van der Waals surface area contributed by atoms with Gasteiger partial charge in [0.1, 0.15) is 0 Å². The van der Waals surface area contributed by atoms with E-state index in [9.17, 15) is 0 Å². The maximum Gasteiger partial charge on any atom is 0.00106 e. The zero-order valence-electron chi connectivity index (χ0n) is 5.96. The highest BCUT2D eigenvalue weighted by Crippen LogP contribution is 2.20. The Hall–Kier alpha value is -0.780. The van der Waals surface area contributed by atoms with E-state index in [1.807, 2.05) is 12.2 Å². The molecule has 0 aliphatic heterocycles. The molecule has 0 amide bonds. The van der Waals surface area contributed by atoms with Crippen molar-refractivity contribution in [2.45, 2.75) is 13.8 Å². The van der Waals surface area contributed by atoms with Crippen LogP contribution in [0.1, 0.15) is 13.8 Å². The highest BCUT2D eigenvalue weighted by Gasteiger charge is 2.07. The summed E-state index contributed by atoms with van der Waals surface area (Å²) in [6.45, 7) is 4.38. The number of hydrogen-bond donors (Lipinski definition) is 0. The Morgan fingerprint density at radius 2 is 1.22 bits per heavy atom. The van der Waals surface area contributed by atoms with Crippen molar-refractivity contribution in [2.24, 2.45) is 5.41 Å². The van der Waals surface area contributed by atoms with Crippen molar-refractivity contribution < 1.29 is 0 Å². The van der Waals surface area contributed by atoms with E-state index in [0.29, 0.717) is 0 Å². The summed E-state index contributed by atoms with van der Waals surface area (Å²) in [4.78, 5) is 0. The van der Waals surface area contributed by atoms with E-state index < -0.39 is 0 Å². The summed E-state index contributed by atoms with van der Waals surface area (Å²) in [5.41, 5.74) is 0.240. The first-order chi connectivity index (χ1) is 4.21. The van der Waals surface area contributed by atoms with Crippen molar-refractivity contribution in [3.05, 3.63) is 36.5 Å². The van der Waals surface area contributed by atoms with Crippen LogP contribution in [0.25, 0.3) is 0 Å². The van der Waals surface area contributed by atoms with Crippen molar-refractivity contribution in [2.75, 3.05) is 0 Å². The molecule has 48 valence electrons. The molecule has 0 bridgehead atoms. The molecule has 0 atom stereocenters. The molecule has 0 heterocycles. The van der Waals surface area contributed by atoms with Crippen LogP contribution in [0.4, 0.5) is 0 Å². The van der Waals surface area contributed by atoms with Gasteiger partial charge in [0, 0.05) is 5.41 Å². The highest BCUT2D eigenvalue weighted by atomic mass is 14.1. The van der Waals surface area contributed by atoms with Crippen LogP contribution in [-0.4, -0.2) is 0 Å². The first-order valence-electron chi connectivity index (χ1n) is 3.24. The summed E-state index contributed by atoms with van der Waals surface area (Å²) in [5, 5.41) is 0. The van der Waals surface area contributed by atoms with Gasteiger partial charge in [-0.15, -0.1) is 0 Å². The molecule has 0 unspecified atom stereocenters. The standard InChI is InChI=1S/C9H12/c1-9(2)7-5-3-4-6-8-9/h3-8H,1-2H3. The van der Waals surface area contributed by atoms with Crippen LogP contribution >= 0.6 is 0 Å². The summed E-state index contributed by atoms with van der Waals surface area (Å²) in [5.74, 6) is 0. The van der Waals surface area contributed by atoms with E-state index in [4.69, 9.17) is 0 Å². The maximum atomic E-state index is 2.19. The summed E-state index contributed by atoms with van der Waals surface area (Å²) < 4.78 is 0. The van der Waals surface area contributed by atoms with Gasteiger partial charge in [-0.3, -0.25) is 0 Å². The van der Waals surface area contributed by atoms with E-state index in [1.165, 1.54) is 0 Å². The van der Waals surface area contributed by atoms with Crippen LogP contribution in [0.15, 0.2) is 36.5 Å². The molecular formula is C9H12. The molecule has 0 aromatic carbocycles. The second kappa shape index (κ2) is 2.22. The SMILES string of the molecule is CC1(C)C=CC=CC=C1. The first kappa shape index (κ1) is 6.34. The summed E-state index contributed by atoms with van der Waals surface area (Å²) >= 11 is 0. The van der Waals surface area contributed by atoms with Crippen LogP contribution in [-0.2, 0) is 0 Å². The van der Waals surface area contributed by atoms with Crippen molar-refractivity contribution in [1.29, 1.82) is 0 Å². The fourth-order valence-corrected chi connectivity index (χ4v) is 0.791. The summed E-state index contributed by atoms with van der Waals surface area (Å²) in [6, 6.07) is 0. The Labute approximate surface area is 56.6 Å². The molecule has 0 N–H and O–H groups in total. The molecule has 0 aromatic rings. The van der Waals surface area contributed by atoms with E-state index in [2.05, 4.69) is 38.2 Å². The highest BCUT2D eigenvalue weighted by molar-refractivity contribution is 5.22. The minimum Gasteiger partial charge on any atom is -0.0751 e. The molecule has 0 saturated carbocycles. The van der Waals surface area contributed by atoms with Gasteiger partial charge >= 0.3 is 0 Å². The Morgan fingerprint density at radius 3 is 1.67 bits per heavy atom. The monoisotopic (exact) mass is 120 g/mol. The van der Waals surface area contributed by atoms with Gasteiger partial charge < -0.3 is 0 Å². The lowest BCUT2D eigenvalue weighted by molar-refractivity contribution is 0.627. The lowest BCUT2D eigenvalue weighted by atomic mass is 9.93. The second-order valence-electron chi connectivity index (χ2n) is 2.92. The van der Waals surface area contributed by atoms with Gasteiger partial charge in [0.05, 0.1) is 0 Å². The van der Waals surface area contributed by atoms with Crippen LogP contribution in [0, 0.1) is 5.41 Å². The molecule has 0 radical (unpaired) electrons. The molecule has 1 rings (SSSR count). The maximum absolute atomic E-state index is 2.19. The average Bonchev–Trinajstić information content (AvgIpc) is 1.92. The van der Waals surface area contributed by atoms with Gasteiger partial charge in [0.25, 0.3) is 0 Å². The van der Waals surface area contributed by atoms with Crippen molar-refractivity contribution in [1.82, 2.24) is 0 Å². The molecule has 0 aromatic heterocycles. The Bertz CT molecular complexity index is 150. The summed E-state index contributed by atoms with van der Waals surface area (Å²) in [7, 11) is 0. The van der Waals surface area contributed by atoms with Crippen molar-refractivity contribution >= 4 is 0 Å². The number of rotatable bonds is 0. The smallest absolute Gasteiger partial charge is 0.00106 e. The van der Waals surface area contributed by atoms with Crippen LogP contribution < -0.4 is 0 Å². The molecule has 0 nitrogen and oxygen atoms in total. The van der Waals surface area contributed by atoms with E-state index >= 15 is 0 Å². The van der Waals surface area contributed by atoms with Crippen molar-refractivity contribution in [3.8, 4) is 0 Å². The van der Waals surface area contributed by atoms with Crippen LogP contribution in [0.3, 0.4) is 0 Å². The quantitative estimate of drug-likeness (QED) is 0.461. The van der Waals surface area contributed by atoms with Crippen LogP contribution in [0.5, 0.6) is 0 Å². The molecule has 1 aliphatic rings. The molecule has 0 heteroatoms. The lowest BCUT2D eigenvalue weighted by Crippen LogP contribution is -2.00. The predicted octanol–water partition coefficient (Wildman–Crippen LogP) is 2.69. The normalized spacial score (nSPS) is 22.0. The second-order valence-corrected chi connectivity index (χ2v) is 2.92. The van der Waals surface area contributed by atoms with Crippen molar-refractivity contribution in [3.63, 3.8) is 0 Å². The van der Waals surface area contributed by atoms with E-state index in [1.54, 1.807) is 0 Å². The Kier molecular flexibility index (Phi) is 1.56.